The number of rotatable bonds is 7. The maximum atomic E-state index is 3.34. The zero-order valence-electron chi connectivity index (χ0n) is 9.75. The van der Waals surface area contributed by atoms with Gasteiger partial charge >= 0.3 is 0 Å². The standard InChI is InChI=1S/C13H21NS/c1-3-14-8-5-9-15-11-13-7-4-6-12(2)10-13/h4,6-7,10,14H,3,5,8-9,11H2,1-2H3. The van der Waals surface area contributed by atoms with Crippen molar-refractivity contribution in [1.82, 2.24) is 5.32 Å². The fraction of sp³-hybridized carbons (Fsp3) is 0.538. The van der Waals surface area contributed by atoms with Crippen LogP contribution >= 0.6 is 11.8 Å². The lowest BCUT2D eigenvalue weighted by Gasteiger charge is -2.03. The lowest BCUT2D eigenvalue weighted by Crippen LogP contribution is -2.14. The van der Waals surface area contributed by atoms with E-state index < -0.39 is 0 Å². The smallest absolute Gasteiger partial charge is 0.0184 e. The molecule has 0 atom stereocenters. The Labute approximate surface area is 97.7 Å². The highest BCUT2D eigenvalue weighted by atomic mass is 32.2. The molecule has 0 unspecified atom stereocenters. The summed E-state index contributed by atoms with van der Waals surface area (Å²) in [5, 5.41) is 3.34. The number of nitrogens with one attached hydrogen (secondary N) is 1. The van der Waals surface area contributed by atoms with Gasteiger partial charge in [-0.25, -0.2) is 0 Å². The maximum Gasteiger partial charge on any atom is 0.0184 e. The summed E-state index contributed by atoms with van der Waals surface area (Å²) in [7, 11) is 0. The zero-order valence-corrected chi connectivity index (χ0v) is 10.6. The summed E-state index contributed by atoms with van der Waals surface area (Å²) >= 11 is 2.03. The summed E-state index contributed by atoms with van der Waals surface area (Å²) in [5.41, 5.74) is 2.81. The summed E-state index contributed by atoms with van der Waals surface area (Å²) in [6, 6.07) is 8.78. The van der Waals surface area contributed by atoms with Crippen molar-refractivity contribution in [2.45, 2.75) is 26.0 Å². The third kappa shape index (κ3) is 5.85. The molecule has 1 nitrogen and oxygen atoms in total. The second-order valence-electron chi connectivity index (χ2n) is 3.75. The van der Waals surface area contributed by atoms with E-state index in [1.807, 2.05) is 11.8 Å². The quantitative estimate of drug-likeness (QED) is 0.712. The van der Waals surface area contributed by atoms with Gasteiger partial charge in [0.05, 0.1) is 0 Å². The molecule has 0 saturated carbocycles. The zero-order chi connectivity index (χ0) is 10.9. The van der Waals surface area contributed by atoms with Gasteiger partial charge < -0.3 is 5.32 Å². The summed E-state index contributed by atoms with van der Waals surface area (Å²) in [4.78, 5) is 0. The molecule has 0 aliphatic carbocycles. The van der Waals surface area contributed by atoms with Gasteiger partial charge in [-0.3, -0.25) is 0 Å². The highest BCUT2D eigenvalue weighted by molar-refractivity contribution is 7.98. The molecule has 0 fully saturated rings. The molecule has 0 heterocycles. The monoisotopic (exact) mass is 223 g/mol. The molecule has 1 rings (SSSR count). The lowest BCUT2D eigenvalue weighted by atomic mass is 10.2. The van der Waals surface area contributed by atoms with E-state index in [0.29, 0.717) is 0 Å². The number of aryl methyl sites for hydroxylation is 1. The molecule has 0 spiro atoms. The van der Waals surface area contributed by atoms with Gasteiger partial charge in [0.2, 0.25) is 0 Å². The largest absolute Gasteiger partial charge is 0.317 e. The minimum absolute atomic E-state index is 1.09. The van der Waals surface area contributed by atoms with E-state index in [4.69, 9.17) is 0 Å². The maximum absolute atomic E-state index is 3.34. The minimum atomic E-state index is 1.09. The Balaban J connectivity index is 2.10. The van der Waals surface area contributed by atoms with Crippen LogP contribution in [0.1, 0.15) is 24.5 Å². The molecule has 0 radical (unpaired) electrons. The Kier molecular flexibility index (Phi) is 6.53. The summed E-state index contributed by atoms with van der Waals surface area (Å²) < 4.78 is 0. The van der Waals surface area contributed by atoms with Crippen LogP contribution in [0.4, 0.5) is 0 Å². The van der Waals surface area contributed by atoms with Crippen molar-refractivity contribution >= 4 is 11.8 Å². The van der Waals surface area contributed by atoms with Crippen LogP contribution < -0.4 is 5.32 Å². The number of hydrogen-bond acceptors (Lipinski definition) is 2. The first kappa shape index (κ1) is 12.6. The number of benzene rings is 1. The molecule has 0 bridgehead atoms. The van der Waals surface area contributed by atoms with Crippen molar-refractivity contribution in [3.63, 3.8) is 0 Å². The van der Waals surface area contributed by atoms with Crippen molar-refractivity contribution in [3.8, 4) is 0 Å². The van der Waals surface area contributed by atoms with Gasteiger partial charge in [-0.05, 0) is 37.8 Å². The fourth-order valence-corrected chi connectivity index (χ4v) is 2.38. The van der Waals surface area contributed by atoms with Crippen molar-refractivity contribution in [2.75, 3.05) is 18.8 Å². The van der Waals surface area contributed by atoms with Crippen LogP contribution in [-0.2, 0) is 5.75 Å². The van der Waals surface area contributed by atoms with Crippen LogP contribution in [0.25, 0.3) is 0 Å². The molecule has 1 aromatic rings. The van der Waals surface area contributed by atoms with Crippen molar-refractivity contribution in [1.29, 1.82) is 0 Å². The van der Waals surface area contributed by atoms with Gasteiger partial charge in [0, 0.05) is 5.75 Å². The Morgan fingerprint density at radius 2 is 2.20 bits per heavy atom. The third-order valence-corrected chi connectivity index (χ3v) is 3.36. The molecule has 1 aromatic carbocycles. The van der Waals surface area contributed by atoms with Crippen LogP contribution in [0.2, 0.25) is 0 Å². The Morgan fingerprint density at radius 1 is 1.33 bits per heavy atom. The van der Waals surface area contributed by atoms with Gasteiger partial charge in [0.15, 0.2) is 0 Å². The van der Waals surface area contributed by atoms with Crippen LogP contribution in [-0.4, -0.2) is 18.8 Å². The highest BCUT2D eigenvalue weighted by Gasteiger charge is 1.94. The molecule has 84 valence electrons. The predicted molar refractivity (Wildman–Crippen MR) is 70.5 cm³/mol. The molecular formula is C13H21NS. The van der Waals surface area contributed by atoms with E-state index in [2.05, 4.69) is 43.4 Å². The molecule has 0 amide bonds. The van der Waals surface area contributed by atoms with E-state index >= 15 is 0 Å². The van der Waals surface area contributed by atoms with E-state index in [1.165, 1.54) is 23.3 Å². The number of hydrogen-bond donors (Lipinski definition) is 1. The van der Waals surface area contributed by atoms with Gasteiger partial charge in [-0.15, -0.1) is 0 Å². The SMILES string of the molecule is CCNCCCSCc1cccc(C)c1. The van der Waals surface area contributed by atoms with E-state index in [9.17, 15) is 0 Å². The normalized spacial score (nSPS) is 10.5. The van der Waals surface area contributed by atoms with Gasteiger partial charge in [-0.1, -0.05) is 36.8 Å². The first-order chi connectivity index (χ1) is 7.33. The van der Waals surface area contributed by atoms with Gasteiger partial charge in [-0.2, -0.15) is 11.8 Å². The summed E-state index contributed by atoms with van der Waals surface area (Å²) in [6.07, 6.45) is 1.27. The molecule has 2 heteroatoms. The first-order valence-corrected chi connectivity index (χ1v) is 6.82. The Bertz CT molecular complexity index is 273. The van der Waals surface area contributed by atoms with Crippen LogP contribution in [0.15, 0.2) is 24.3 Å². The molecule has 15 heavy (non-hydrogen) atoms. The van der Waals surface area contributed by atoms with Crippen molar-refractivity contribution in [3.05, 3.63) is 35.4 Å². The van der Waals surface area contributed by atoms with Crippen molar-refractivity contribution < 1.29 is 0 Å². The third-order valence-electron chi connectivity index (χ3n) is 2.24. The second-order valence-corrected chi connectivity index (χ2v) is 4.85. The number of thioether (sulfide) groups is 1. The molecule has 0 aliphatic heterocycles. The lowest BCUT2D eigenvalue weighted by molar-refractivity contribution is 0.707. The molecule has 1 N–H and O–H groups in total. The second kappa shape index (κ2) is 7.77. The first-order valence-electron chi connectivity index (χ1n) is 5.67. The predicted octanol–water partition coefficient (Wildman–Crippen LogP) is 3.23. The highest BCUT2D eigenvalue weighted by Crippen LogP contribution is 2.13. The van der Waals surface area contributed by atoms with E-state index in [-0.39, 0.29) is 0 Å². The van der Waals surface area contributed by atoms with Crippen LogP contribution in [0, 0.1) is 6.92 Å². The van der Waals surface area contributed by atoms with Crippen LogP contribution in [0.3, 0.4) is 0 Å². The van der Waals surface area contributed by atoms with Crippen LogP contribution in [0.5, 0.6) is 0 Å². The average Bonchev–Trinajstić information content (AvgIpc) is 2.23. The molecular weight excluding hydrogens is 202 g/mol. The minimum Gasteiger partial charge on any atom is -0.317 e. The average molecular weight is 223 g/mol. The summed E-state index contributed by atoms with van der Waals surface area (Å²) in [6.45, 7) is 6.54. The molecule has 0 aliphatic rings. The summed E-state index contributed by atoms with van der Waals surface area (Å²) in [5.74, 6) is 2.40. The van der Waals surface area contributed by atoms with E-state index in [0.717, 1.165) is 18.8 Å². The van der Waals surface area contributed by atoms with Crippen molar-refractivity contribution in [2.24, 2.45) is 0 Å². The fourth-order valence-electron chi connectivity index (χ4n) is 1.47. The Morgan fingerprint density at radius 3 is 2.93 bits per heavy atom. The molecule has 0 saturated heterocycles. The topological polar surface area (TPSA) is 12.0 Å². The Hall–Kier alpha value is -0.470. The van der Waals surface area contributed by atoms with Gasteiger partial charge in [0.1, 0.15) is 0 Å². The van der Waals surface area contributed by atoms with E-state index in [1.54, 1.807) is 0 Å². The molecule has 0 aromatic heterocycles. The van der Waals surface area contributed by atoms with Gasteiger partial charge in [0.25, 0.3) is 0 Å².